The van der Waals surface area contributed by atoms with Crippen molar-refractivity contribution in [2.75, 3.05) is 37.6 Å². The standard InChI is InChI=1S/C22H23ClFN3O2/c1-16(17-5-7-19(24)8-6-17)13-21(28)25-15-22(29)27-11-9-26(10-12-27)20-4-2-3-18(23)14-20/h2-8,13-14H,9-12,15H2,1H3,(H,25,28)/b16-13-. The summed E-state index contributed by atoms with van der Waals surface area (Å²) in [6.07, 6.45) is 1.41. The molecule has 1 aliphatic rings. The predicted molar refractivity (Wildman–Crippen MR) is 113 cm³/mol. The lowest BCUT2D eigenvalue weighted by Gasteiger charge is -2.36. The van der Waals surface area contributed by atoms with Crippen LogP contribution >= 0.6 is 11.6 Å². The summed E-state index contributed by atoms with van der Waals surface area (Å²) in [5.74, 6) is -0.790. The van der Waals surface area contributed by atoms with Crippen LogP contribution in [0.4, 0.5) is 10.1 Å². The van der Waals surface area contributed by atoms with Crippen molar-refractivity contribution in [1.82, 2.24) is 10.2 Å². The molecule has 152 valence electrons. The number of nitrogens with zero attached hydrogens (tertiary/aromatic N) is 2. The van der Waals surface area contributed by atoms with Gasteiger partial charge in [-0.05, 0) is 48.4 Å². The Morgan fingerprint density at radius 3 is 2.45 bits per heavy atom. The Morgan fingerprint density at radius 2 is 1.79 bits per heavy atom. The summed E-state index contributed by atoms with van der Waals surface area (Å²) in [5, 5.41) is 3.32. The van der Waals surface area contributed by atoms with Gasteiger partial charge in [0.1, 0.15) is 5.82 Å². The van der Waals surface area contributed by atoms with Crippen molar-refractivity contribution in [2.24, 2.45) is 0 Å². The van der Waals surface area contributed by atoms with E-state index in [1.165, 1.54) is 18.2 Å². The van der Waals surface area contributed by atoms with Crippen LogP contribution < -0.4 is 10.2 Å². The molecular formula is C22H23ClFN3O2. The maximum absolute atomic E-state index is 13.0. The number of allylic oxidation sites excluding steroid dienone is 1. The minimum Gasteiger partial charge on any atom is -0.368 e. The van der Waals surface area contributed by atoms with Crippen LogP contribution in [-0.2, 0) is 9.59 Å². The summed E-state index contributed by atoms with van der Waals surface area (Å²) in [6.45, 7) is 4.32. The van der Waals surface area contributed by atoms with Crippen LogP contribution in [0.1, 0.15) is 12.5 Å². The van der Waals surface area contributed by atoms with Gasteiger partial charge in [0, 0.05) is 43.0 Å². The smallest absolute Gasteiger partial charge is 0.244 e. The van der Waals surface area contributed by atoms with Crippen molar-refractivity contribution >= 4 is 34.7 Å². The Balaban J connectivity index is 1.46. The molecule has 7 heteroatoms. The zero-order valence-corrected chi connectivity index (χ0v) is 17.0. The molecule has 1 fully saturated rings. The molecule has 0 bridgehead atoms. The molecule has 29 heavy (non-hydrogen) atoms. The van der Waals surface area contributed by atoms with Gasteiger partial charge >= 0.3 is 0 Å². The van der Waals surface area contributed by atoms with Crippen molar-refractivity contribution in [3.05, 3.63) is 71.0 Å². The summed E-state index contributed by atoms with van der Waals surface area (Å²) < 4.78 is 13.0. The minimum absolute atomic E-state index is 0.0524. The molecule has 1 saturated heterocycles. The second kappa shape index (κ2) is 9.56. The predicted octanol–water partition coefficient (Wildman–Crippen LogP) is 3.35. The van der Waals surface area contributed by atoms with Crippen LogP contribution in [0.25, 0.3) is 5.57 Å². The fourth-order valence-electron chi connectivity index (χ4n) is 3.21. The van der Waals surface area contributed by atoms with Gasteiger partial charge in [0.05, 0.1) is 6.54 Å². The van der Waals surface area contributed by atoms with E-state index in [1.807, 2.05) is 24.3 Å². The molecule has 2 aromatic carbocycles. The molecular weight excluding hydrogens is 393 g/mol. The molecule has 0 aliphatic carbocycles. The summed E-state index contributed by atoms with van der Waals surface area (Å²) in [7, 11) is 0. The maximum Gasteiger partial charge on any atom is 0.244 e. The van der Waals surface area contributed by atoms with Crippen LogP contribution in [0, 0.1) is 5.82 Å². The van der Waals surface area contributed by atoms with Gasteiger partial charge in [-0.15, -0.1) is 0 Å². The molecule has 1 heterocycles. The van der Waals surface area contributed by atoms with E-state index in [-0.39, 0.29) is 24.2 Å². The molecule has 3 rings (SSSR count). The lowest BCUT2D eigenvalue weighted by atomic mass is 10.1. The highest BCUT2D eigenvalue weighted by atomic mass is 35.5. The third-order valence-corrected chi connectivity index (χ3v) is 5.10. The number of benzene rings is 2. The largest absolute Gasteiger partial charge is 0.368 e. The highest BCUT2D eigenvalue weighted by Crippen LogP contribution is 2.20. The Bertz CT molecular complexity index is 907. The second-order valence-corrected chi connectivity index (χ2v) is 7.34. The third-order valence-electron chi connectivity index (χ3n) is 4.87. The molecule has 2 amide bonds. The van der Waals surface area contributed by atoms with Gasteiger partial charge in [-0.25, -0.2) is 4.39 Å². The summed E-state index contributed by atoms with van der Waals surface area (Å²) >= 11 is 6.04. The molecule has 1 N–H and O–H groups in total. The number of carbonyl (C=O) groups excluding carboxylic acids is 2. The quantitative estimate of drug-likeness (QED) is 0.762. The van der Waals surface area contributed by atoms with Crippen molar-refractivity contribution < 1.29 is 14.0 Å². The SMILES string of the molecule is C/C(=C/C(=O)NCC(=O)N1CCN(c2cccc(Cl)c2)CC1)c1ccc(F)cc1. The normalized spacial score (nSPS) is 14.7. The number of hydrogen-bond acceptors (Lipinski definition) is 3. The fraction of sp³-hybridized carbons (Fsp3) is 0.273. The Kier molecular flexibility index (Phi) is 6.88. The first-order valence-corrected chi connectivity index (χ1v) is 9.80. The fourth-order valence-corrected chi connectivity index (χ4v) is 3.39. The minimum atomic E-state index is -0.349. The summed E-state index contributed by atoms with van der Waals surface area (Å²) in [4.78, 5) is 28.4. The zero-order chi connectivity index (χ0) is 20.8. The monoisotopic (exact) mass is 415 g/mol. The van der Waals surface area contributed by atoms with Crippen LogP contribution in [-0.4, -0.2) is 49.4 Å². The molecule has 0 atom stereocenters. The number of nitrogens with one attached hydrogen (secondary N) is 1. The summed E-state index contributed by atoms with van der Waals surface area (Å²) in [5.41, 5.74) is 2.49. The van der Waals surface area contributed by atoms with Gasteiger partial charge in [-0.1, -0.05) is 29.8 Å². The van der Waals surface area contributed by atoms with Crippen LogP contribution in [0.15, 0.2) is 54.6 Å². The molecule has 0 aromatic heterocycles. The average molecular weight is 416 g/mol. The van der Waals surface area contributed by atoms with Gasteiger partial charge in [0.2, 0.25) is 11.8 Å². The van der Waals surface area contributed by atoms with Gasteiger partial charge in [-0.3, -0.25) is 9.59 Å². The highest BCUT2D eigenvalue weighted by molar-refractivity contribution is 6.30. The number of piperazine rings is 1. The van der Waals surface area contributed by atoms with Crippen molar-refractivity contribution in [2.45, 2.75) is 6.92 Å². The van der Waals surface area contributed by atoms with Gasteiger partial charge < -0.3 is 15.1 Å². The van der Waals surface area contributed by atoms with Crippen molar-refractivity contribution in [3.63, 3.8) is 0 Å². The lowest BCUT2D eigenvalue weighted by molar-refractivity contribution is -0.132. The van der Waals surface area contributed by atoms with Crippen LogP contribution in [0.3, 0.4) is 0 Å². The molecule has 2 aromatic rings. The van der Waals surface area contributed by atoms with Gasteiger partial charge in [-0.2, -0.15) is 0 Å². The number of amides is 2. The van der Waals surface area contributed by atoms with Gasteiger partial charge in [0.15, 0.2) is 0 Å². The van der Waals surface area contributed by atoms with Crippen LogP contribution in [0.5, 0.6) is 0 Å². The number of halogens is 2. The van der Waals surface area contributed by atoms with Crippen molar-refractivity contribution in [1.29, 1.82) is 0 Å². The number of hydrogen-bond donors (Lipinski definition) is 1. The maximum atomic E-state index is 13.0. The lowest BCUT2D eigenvalue weighted by Crippen LogP contribution is -2.51. The first-order valence-electron chi connectivity index (χ1n) is 9.43. The highest BCUT2D eigenvalue weighted by Gasteiger charge is 2.21. The number of rotatable bonds is 5. The van der Waals surface area contributed by atoms with E-state index in [2.05, 4.69) is 10.2 Å². The third kappa shape index (κ3) is 5.81. The molecule has 5 nitrogen and oxygen atoms in total. The molecule has 0 radical (unpaired) electrons. The van der Waals surface area contributed by atoms with Crippen LogP contribution in [0.2, 0.25) is 5.02 Å². The first kappa shape index (κ1) is 20.9. The zero-order valence-electron chi connectivity index (χ0n) is 16.2. The summed E-state index contributed by atoms with van der Waals surface area (Å²) in [6, 6.07) is 13.6. The number of anilines is 1. The molecule has 0 unspecified atom stereocenters. The molecule has 1 aliphatic heterocycles. The molecule has 0 spiro atoms. The van der Waals surface area contributed by atoms with E-state index < -0.39 is 0 Å². The van der Waals surface area contributed by atoms with E-state index in [4.69, 9.17) is 11.6 Å². The van der Waals surface area contributed by atoms with E-state index in [0.29, 0.717) is 36.8 Å². The topological polar surface area (TPSA) is 52.7 Å². The van der Waals surface area contributed by atoms with E-state index in [0.717, 1.165) is 11.3 Å². The second-order valence-electron chi connectivity index (χ2n) is 6.90. The van der Waals surface area contributed by atoms with Gasteiger partial charge in [0.25, 0.3) is 0 Å². The first-order chi connectivity index (χ1) is 13.9. The van der Waals surface area contributed by atoms with E-state index in [1.54, 1.807) is 24.0 Å². The van der Waals surface area contributed by atoms with Crippen molar-refractivity contribution in [3.8, 4) is 0 Å². The Labute approximate surface area is 174 Å². The average Bonchev–Trinajstić information content (AvgIpc) is 2.72. The van der Waals surface area contributed by atoms with E-state index >= 15 is 0 Å². The molecule has 0 saturated carbocycles. The Morgan fingerprint density at radius 1 is 1.10 bits per heavy atom. The Hall–Kier alpha value is -2.86. The van der Waals surface area contributed by atoms with E-state index in [9.17, 15) is 14.0 Å². The number of carbonyl (C=O) groups is 2.